The molecule has 10 N–H and O–H groups in total. The zero-order chi connectivity index (χ0) is 4.50. The van der Waals surface area contributed by atoms with Gasteiger partial charge in [-0.2, -0.15) is 0 Å². The second-order valence-electron chi connectivity index (χ2n) is 0.600. The molecule has 0 aromatic rings. The van der Waals surface area contributed by atoms with Crippen molar-refractivity contribution in [3.63, 3.8) is 0 Å². The molecule has 0 atom stereocenters. The molecule has 0 amide bonds. The summed E-state index contributed by atoms with van der Waals surface area (Å²) in [6.07, 6.45) is -3.50. The second-order valence-corrected chi connectivity index (χ2v) is 0.600. The molecule has 0 saturated heterocycles. The Morgan fingerprint density at radius 1 is 0.667 bits per heavy atom. The normalized spacial score (nSPS) is 6.67. The van der Waals surface area contributed by atoms with E-state index in [1.54, 1.807) is 0 Å². The van der Waals surface area contributed by atoms with Crippen LogP contribution in [0.1, 0.15) is 0 Å². The van der Waals surface area contributed by atoms with Crippen LogP contribution < -0.4 is 0 Å². The standard InChI is InChI=1S/CH4O4.Fe.3H2O/c2-1(3,4)5;;;;/h2-5H;;3*1H2. The average Bonchev–Trinajstić information content (AvgIpc) is 0.722. The van der Waals surface area contributed by atoms with Gasteiger partial charge in [-0.15, -0.1) is 0 Å². The molecule has 0 aliphatic carbocycles. The van der Waals surface area contributed by atoms with Gasteiger partial charge in [-0.25, -0.2) is 0 Å². The van der Waals surface area contributed by atoms with Crippen LogP contribution in [-0.4, -0.2) is 43.0 Å². The Bertz CT molecular complexity index is 24.4. The SMILES string of the molecule is O.O.O.OC(O)(O)O.[Fe]. The van der Waals surface area contributed by atoms with Crippen molar-refractivity contribution >= 4 is 0 Å². The molecule has 0 aliphatic rings. The third kappa shape index (κ3) is 5590. The van der Waals surface area contributed by atoms with Gasteiger partial charge in [-0.3, -0.25) is 0 Å². The molecule has 0 radical (unpaired) electrons. The van der Waals surface area contributed by atoms with Gasteiger partial charge in [0.1, 0.15) is 0 Å². The van der Waals surface area contributed by atoms with E-state index in [9.17, 15) is 0 Å². The van der Waals surface area contributed by atoms with Crippen LogP contribution in [0.2, 0.25) is 0 Å². The van der Waals surface area contributed by atoms with Gasteiger partial charge in [-0.05, 0) is 0 Å². The van der Waals surface area contributed by atoms with Gasteiger partial charge in [-0.1, -0.05) is 0 Å². The molecule has 0 rings (SSSR count). The minimum Gasteiger partial charge on any atom is -0.412 e. The molecule has 0 aliphatic heterocycles. The van der Waals surface area contributed by atoms with Gasteiger partial charge in [0.25, 0.3) is 0 Å². The summed E-state index contributed by atoms with van der Waals surface area (Å²) in [6, 6.07) is 0. The molecule has 0 fully saturated rings. The Kier molecular flexibility index (Phi) is 43.0. The molecule has 8 heteroatoms. The van der Waals surface area contributed by atoms with Gasteiger partial charge >= 0.3 is 6.16 Å². The van der Waals surface area contributed by atoms with E-state index in [2.05, 4.69) is 0 Å². The Morgan fingerprint density at radius 3 is 0.667 bits per heavy atom. The summed E-state index contributed by atoms with van der Waals surface area (Å²) < 4.78 is 0. The summed E-state index contributed by atoms with van der Waals surface area (Å²) in [5.41, 5.74) is 0. The summed E-state index contributed by atoms with van der Waals surface area (Å²) in [5.74, 6) is 0. The molecular formula is CH10FeO7. The number of hydrogen-bond donors (Lipinski definition) is 4. The molecule has 0 unspecified atom stereocenters. The van der Waals surface area contributed by atoms with E-state index in [0.29, 0.717) is 0 Å². The van der Waals surface area contributed by atoms with E-state index in [1.807, 2.05) is 0 Å². The third-order valence-corrected chi connectivity index (χ3v) is 0. The maximum atomic E-state index is 7.19. The van der Waals surface area contributed by atoms with Gasteiger partial charge in [0, 0.05) is 17.1 Å². The fourth-order valence-electron chi connectivity index (χ4n) is 0. The van der Waals surface area contributed by atoms with Gasteiger partial charge in [0.05, 0.1) is 0 Å². The van der Waals surface area contributed by atoms with Crippen LogP contribution >= 0.6 is 0 Å². The van der Waals surface area contributed by atoms with Gasteiger partial charge < -0.3 is 36.9 Å². The first-order valence-electron chi connectivity index (χ1n) is 0.894. The first-order chi connectivity index (χ1) is 2.00. The maximum Gasteiger partial charge on any atom is 0.402 e. The maximum absolute atomic E-state index is 7.19. The molecule has 0 bridgehead atoms. The number of hydrogen-bond acceptors (Lipinski definition) is 4. The van der Waals surface area contributed by atoms with Crippen molar-refractivity contribution in [1.29, 1.82) is 0 Å². The van der Waals surface area contributed by atoms with Crippen molar-refractivity contribution < 1.29 is 53.9 Å². The second kappa shape index (κ2) is 11.1. The summed E-state index contributed by atoms with van der Waals surface area (Å²) in [7, 11) is 0. The first kappa shape index (κ1) is 34.9. The molecule has 0 heterocycles. The van der Waals surface area contributed by atoms with Crippen LogP contribution in [0.5, 0.6) is 0 Å². The molecular weight excluding hydrogens is 180 g/mol. The van der Waals surface area contributed by atoms with E-state index in [4.69, 9.17) is 20.4 Å². The first-order valence-corrected chi connectivity index (χ1v) is 0.894. The molecule has 0 spiro atoms. The average molecular weight is 190 g/mol. The van der Waals surface area contributed by atoms with Crippen LogP contribution in [0.25, 0.3) is 0 Å². The summed E-state index contributed by atoms with van der Waals surface area (Å²) in [6.45, 7) is 0. The molecule has 7 nitrogen and oxygen atoms in total. The van der Waals surface area contributed by atoms with Crippen molar-refractivity contribution in [2.75, 3.05) is 0 Å². The van der Waals surface area contributed by atoms with Gasteiger partial charge in [0.2, 0.25) is 0 Å². The zero-order valence-corrected chi connectivity index (χ0v) is 5.25. The quantitative estimate of drug-likeness (QED) is 0.221. The Hall–Kier alpha value is 0.239. The third-order valence-electron chi connectivity index (χ3n) is 0. The monoisotopic (exact) mass is 190 g/mol. The molecule has 0 saturated carbocycles. The van der Waals surface area contributed by atoms with E-state index in [-0.39, 0.29) is 33.5 Å². The van der Waals surface area contributed by atoms with Crippen molar-refractivity contribution in [2.45, 2.75) is 6.16 Å². The van der Waals surface area contributed by atoms with Crippen molar-refractivity contribution in [3.8, 4) is 0 Å². The van der Waals surface area contributed by atoms with Crippen LogP contribution in [0.3, 0.4) is 0 Å². The molecule has 0 aromatic heterocycles. The fourth-order valence-corrected chi connectivity index (χ4v) is 0. The number of rotatable bonds is 0. The Morgan fingerprint density at radius 2 is 0.667 bits per heavy atom. The Labute approximate surface area is 61.0 Å². The van der Waals surface area contributed by atoms with Crippen LogP contribution in [0.15, 0.2) is 0 Å². The predicted octanol–water partition coefficient (Wildman–Crippen LogP) is -4.91. The minimum absolute atomic E-state index is 0. The van der Waals surface area contributed by atoms with Gasteiger partial charge in [0.15, 0.2) is 0 Å². The van der Waals surface area contributed by atoms with Crippen LogP contribution in [0, 0.1) is 0 Å². The smallest absolute Gasteiger partial charge is 0.402 e. The molecule has 9 heavy (non-hydrogen) atoms. The van der Waals surface area contributed by atoms with E-state index in [0.717, 1.165) is 0 Å². The zero-order valence-electron chi connectivity index (χ0n) is 4.14. The molecule has 0 aromatic carbocycles. The summed E-state index contributed by atoms with van der Waals surface area (Å²) in [5, 5.41) is 28.8. The minimum atomic E-state index is -3.50. The van der Waals surface area contributed by atoms with Crippen LogP contribution in [0.4, 0.5) is 0 Å². The van der Waals surface area contributed by atoms with E-state index < -0.39 is 6.16 Å². The molecule has 64 valence electrons. The van der Waals surface area contributed by atoms with Crippen LogP contribution in [-0.2, 0) is 17.1 Å². The van der Waals surface area contributed by atoms with E-state index in [1.165, 1.54) is 0 Å². The number of aliphatic hydroxyl groups is 4. The fraction of sp³-hybridized carbons (Fsp3) is 1.00. The summed E-state index contributed by atoms with van der Waals surface area (Å²) >= 11 is 0. The predicted molar refractivity (Wildman–Crippen MR) is 22.4 cm³/mol. The summed E-state index contributed by atoms with van der Waals surface area (Å²) in [4.78, 5) is 0. The topological polar surface area (TPSA) is 175 Å². The van der Waals surface area contributed by atoms with E-state index >= 15 is 0 Å². The largest absolute Gasteiger partial charge is 0.412 e. The van der Waals surface area contributed by atoms with Crippen molar-refractivity contribution in [1.82, 2.24) is 0 Å². The van der Waals surface area contributed by atoms with Crippen molar-refractivity contribution in [3.05, 3.63) is 0 Å². The Balaban J connectivity index is -0.0000000133. The van der Waals surface area contributed by atoms with Crippen molar-refractivity contribution in [2.24, 2.45) is 0 Å².